The molecule has 19 heavy (non-hydrogen) atoms. The van der Waals surface area contributed by atoms with Gasteiger partial charge in [0.25, 0.3) is 0 Å². The SMILES string of the molecule is Brc1ccc(C2(N3CCCCC3)CCCCC2)s1.Cl. The third-order valence-electron chi connectivity index (χ3n) is 4.67. The first-order valence-electron chi connectivity index (χ1n) is 7.32. The van der Waals surface area contributed by atoms with Gasteiger partial charge in [0.15, 0.2) is 0 Å². The first-order valence-corrected chi connectivity index (χ1v) is 8.93. The minimum Gasteiger partial charge on any atom is -0.293 e. The van der Waals surface area contributed by atoms with E-state index in [2.05, 4.69) is 33.0 Å². The van der Waals surface area contributed by atoms with Gasteiger partial charge in [-0.1, -0.05) is 25.7 Å². The number of thiophene rings is 1. The maximum atomic E-state index is 3.65. The lowest BCUT2D eigenvalue weighted by atomic mass is 9.78. The minimum atomic E-state index is 0. The molecule has 0 amide bonds. The van der Waals surface area contributed by atoms with Gasteiger partial charge in [0.05, 0.1) is 9.33 Å². The molecule has 2 aliphatic rings. The van der Waals surface area contributed by atoms with E-state index in [1.807, 2.05) is 11.3 Å². The molecule has 1 aromatic rings. The summed E-state index contributed by atoms with van der Waals surface area (Å²) in [5.74, 6) is 0. The zero-order chi connectivity index (χ0) is 12.4. The predicted octanol–water partition coefficient (Wildman–Crippen LogP) is 5.58. The zero-order valence-corrected chi connectivity index (χ0v) is 14.6. The van der Waals surface area contributed by atoms with Gasteiger partial charge in [-0.25, -0.2) is 0 Å². The van der Waals surface area contributed by atoms with Gasteiger partial charge in [0, 0.05) is 4.88 Å². The summed E-state index contributed by atoms with van der Waals surface area (Å²) in [6, 6.07) is 4.61. The van der Waals surface area contributed by atoms with E-state index in [0.29, 0.717) is 5.54 Å². The van der Waals surface area contributed by atoms with Crippen molar-refractivity contribution in [3.05, 3.63) is 20.8 Å². The second-order valence-corrected chi connectivity index (χ2v) is 8.21. The molecule has 1 saturated carbocycles. The molecule has 1 saturated heterocycles. The fraction of sp³-hybridized carbons (Fsp3) is 0.733. The van der Waals surface area contributed by atoms with Crippen molar-refractivity contribution in [2.24, 2.45) is 0 Å². The molecule has 3 rings (SSSR count). The number of rotatable bonds is 2. The smallest absolute Gasteiger partial charge is 0.0702 e. The molecular weight excluding hydrogens is 342 g/mol. The number of hydrogen-bond acceptors (Lipinski definition) is 2. The van der Waals surface area contributed by atoms with E-state index in [4.69, 9.17) is 0 Å². The first kappa shape index (κ1) is 15.8. The van der Waals surface area contributed by atoms with Gasteiger partial charge in [0.1, 0.15) is 0 Å². The van der Waals surface area contributed by atoms with Crippen LogP contribution in [0.25, 0.3) is 0 Å². The van der Waals surface area contributed by atoms with E-state index in [9.17, 15) is 0 Å². The van der Waals surface area contributed by atoms with Crippen LogP contribution in [-0.4, -0.2) is 18.0 Å². The fourth-order valence-corrected chi connectivity index (χ4v) is 5.40. The average molecular weight is 365 g/mol. The topological polar surface area (TPSA) is 3.24 Å². The summed E-state index contributed by atoms with van der Waals surface area (Å²) in [6.45, 7) is 2.63. The average Bonchev–Trinajstić information content (AvgIpc) is 2.88. The van der Waals surface area contributed by atoms with Crippen LogP contribution in [0.4, 0.5) is 0 Å². The lowest BCUT2D eigenvalue weighted by Crippen LogP contribution is -2.49. The molecule has 0 atom stereocenters. The van der Waals surface area contributed by atoms with Crippen molar-refractivity contribution >= 4 is 39.7 Å². The van der Waals surface area contributed by atoms with Gasteiger partial charge >= 0.3 is 0 Å². The van der Waals surface area contributed by atoms with Crippen molar-refractivity contribution in [2.45, 2.75) is 56.9 Å². The van der Waals surface area contributed by atoms with Crippen LogP contribution in [0, 0.1) is 0 Å². The normalized spacial score (nSPS) is 23.8. The Hall–Kier alpha value is 0.430. The molecule has 1 aromatic heterocycles. The number of nitrogens with zero attached hydrogens (tertiary/aromatic N) is 1. The molecule has 108 valence electrons. The maximum Gasteiger partial charge on any atom is 0.0702 e. The molecule has 2 fully saturated rings. The fourth-order valence-electron chi connectivity index (χ4n) is 3.74. The molecule has 4 heteroatoms. The molecule has 0 radical (unpaired) electrons. The molecule has 2 heterocycles. The Morgan fingerprint density at radius 2 is 1.58 bits per heavy atom. The Morgan fingerprint density at radius 3 is 2.16 bits per heavy atom. The van der Waals surface area contributed by atoms with E-state index in [0.717, 1.165) is 0 Å². The summed E-state index contributed by atoms with van der Waals surface area (Å²) >= 11 is 5.61. The highest BCUT2D eigenvalue weighted by Crippen LogP contribution is 2.46. The molecule has 0 N–H and O–H groups in total. The third kappa shape index (κ3) is 3.20. The summed E-state index contributed by atoms with van der Waals surface area (Å²) < 4.78 is 1.29. The Morgan fingerprint density at radius 1 is 0.947 bits per heavy atom. The first-order chi connectivity index (χ1) is 8.81. The summed E-state index contributed by atoms with van der Waals surface area (Å²) in [5.41, 5.74) is 0.384. The largest absolute Gasteiger partial charge is 0.293 e. The van der Waals surface area contributed by atoms with Crippen LogP contribution < -0.4 is 0 Å². The highest BCUT2D eigenvalue weighted by Gasteiger charge is 2.40. The van der Waals surface area contributed by atoms with Gasteiger partial charge in [-0.15, -0.1) is 23.7 Å². The van der Waals surface area contributed by atoms with Crippen molar-refractivity contribution in [1.29, 1.82) is 0 Å². The Labute approximate surface area is 135 Å². The Bertz CT molecular complexity index is 395. The quantitative estimate of drug-likeness (QED) is 0.662. The summed E-state index contributed by atoms with van der Waals surface area (Å²) in [5, 5.41) is 0. The molecule has 1 aliphatic carbocycles. The van der Waals surface area contributed by atoms with Gasteiger partial charge in [-0.2, -0.15) is 0 Å². The number of halogens is 2. The lowest BCUT2D eigenvalue weighted by molar-refractivity contribution is 0.0332. The molecular formula is C15H23BrClNS. The van der Waals surface area contributed by atoms with Crippen molar-refractivity contribution in [2.75, 3.05) is 13.1 Å². The van der Waals surface area contributed by atoms with Gasteiger partial charge < -0.3 is 0 Å². The van der Waals surface area contributed by atoms with Crippen LogP contribution >= 0.6 is 39.7 Å². The van der Waals surface area contributed by atoms with Crippen molar-refractivity contribution in [3.63, 3.8) is 0 Å². The second kappa shape index (κ2) is 6.93. The monoisotopic (exact) mass is 363 g/mol. The molecule has 1 nitrogen and oxygen atoms in total. The van der Waals surface area contributed by atoms with Crippen LogP contribution in [0.1, 0.15) is 56.2 Å². The molecule has 1 aliphatic heterocycles. The summed E-state index contributed by atoms with van der Waals surface area (Å²) in [4.78, 5) is 4.42. The van der Waals surface area contributed by atoms with Crippen molar-refractivity contribution < 1.29 is 0 Å². The van der Waals surface area contributed by atoms with Crippen LogP contribution in [0.15, 0.2) is 15.9 Å². The van der Waals surface area contributed by atoms with Crippen molar-refractivity contribution in [1.82, 2.24) is 4.90 Å². The van der Waals surface area contributed by atoms with E-state index in [1.54, 1.807) is 4.88 Å². The summed E-state index contributed by atoms with van der Waals surface area (Å²) in [6.07, 6.45) is 11.2. The van der Waals surface area contributed by atoms with Crippen LogP contribution in [0.2, 0.25) is 0 Å². The van der Waals surface area contributed by atoms with Crippen molar-refractivity contribution in [3.8, 4) is 0 Å². The van der Waals surface area contributed by atoms with Crippen LogP contribution in [0.3, 0.4) is 0 Å². The number of piperidine rings is 1. The third-order valence-corrected chi connectivity index (χ3v) is 6.49. The molecule has 0 bridgehead atoms. The van der Waals surface area contributed by atoms with Gasteiger partial charge in [-0.05, 0) is 66.8 Å². The predicted molar refractivity (Wildman–Crippen MR) is 89.5 cm³/mol. The standard InChI is InChI=1S/C15H22BrNS.ClH/c16-14-8-7-13(18-14)15(9-3-1-4-10-15)17-11-5-2-6-12-17;/h7-8H,1-6,9-12H2;1H. The number of hydrogen-bond donors (Lipinski definition) is 0. The van der Waals surface area contributed by atoms with E-state index in [-0.39, 0.29) is 12.4 Å². The zero-order valence-electron chi connectivity index (χ0n) is 11.4. The van der Waals surface area contributed by atoms with E-state index >= 15 is 0 Å². The Kier molecular flexibility index (Phi) is 5.77. The molecule has 0 aromatic carbocycles. The maximum absolute atomic E-state index is 3.65. The van der Waals surface area contributed by atoms with Crippen LogP contribution in [-0.2, 0) is 5.54 Å². The Balaban J connectivity index is 0.00000133. The van der Waals surface area contributed by atoms with Crippen LogP contribution in [0.5, 0.6) is 0 Å². The van der Waals surface area contributed by atoms with Gasteiger partial charge in [0.2, 0.25) is 0 Å². The second-order valence-electron chi connectivity index (χ2n) is 5.74. The summed E-state index contributed by atoms with van der Waals surface area (Å²) in [7, 11) is 0. The number of likely N-dealkylation sites (tertiary alicyclic amines) is 1. The highest BCUT2D eigenvalue weighted by atomic mass is 79.9. The minimum absolute atomic E-state index is 0. The molecule has 0 unspecified atom stereocenters. The van der Waals surface area contributed by atoms with E-state index < -0.39 is 0 Å². The van der Waals surface area contributed by atoms with Gasteiger partial charge in [-0.3, -0.25) is 4.90 Å². The molecule has 0 spiro atoms. The van der Waals surface area contributed by atoms with E-state index in [1.165, 1.54) is 68.2 Å². The lowest BCUT2D eigenvalue weighted by Gasteiger charge is -2.48. The highest BCUT2D eigenvalue weighted by molar-refractivity contribution is 9.11.